The van der Waals surface area contributed by atoms with Crippen LogP contribution in [-0.4, -0.2) is 48.1 Å². The molecule has 0 aromatic heterocycles. The lowest BCUT2D eigenvalue weighted by molar-refractivity contribution is -0.296. The highest BCUT2D eigenvalue weighted by atomic mass is 19.4. The van der Waals surface area contributed by atoms with Crippen LogP contribution in [0.3, 0.4) is 0 Å². The van der Waals surface area contributed by atoms with E-state index < -0.39 is 30.9 Å². The first-order valence-electron chi connectivity index (χ1n) is 4.45. The van der Waals surface area contributed by atoms with Crippen molar-refractivity contribution in [1.82, 2.24) is 4.90 Å². The molecule has 0 spiro atoms. The Balaban J connectivity index is 4.91. The quantitative estimate of drug-likeness (QED) is 0.776. The first-order valence-corrected chi connectivity index (χ1v) is 4.45. The van der Waals surface area contributed by atoms with Gasteiger partial charge >= 0.3 is 12.4 Å². The molecule has 98 valence electrons. The molecule has 0 rings (SSSR count). The first kappa shape index (κ1) is 15.5. The molecule has 2 nitrogen and oxygen atoms in total. The predicted octanol–water partition coefficient (Wildman–Crippen LogP) is 2.18. The minimum absolute atomic E-state index is 0.107. The zero-order valence-electron chi connectivity index (χ0n) is 8.78. The normalized spacial score (nSPS) is 17.6. The summed E-state index contributed by atoms with van der Waals surface area (Å²) in [6.45, 7) is 0.479. The zero-order chi connectivity index (χ0) is 13.2. The van der Waals surface area contributed by atoms with E-state index >= 15 is 0 Å². The number of likely N-dealkylation sites (N-methyl/N-ethyl adjacent to an activating group) is 1. The molecule has 0 aliphatic rings. The summed E-state index contributed by atoms with van der Waals surface area (Å²) in [5.41, 5.74) is -3.75. The molecular formula is C8H13F6NO. The van der Waals surface area contributed by atoms with E-state index in [1.165, 1.54) is 14.0 Å². The number of aliphatic hydroxyl groups is 1. The van der Waals surface area contributed by atoms with Crippen molar-refractivity contribution in [2.45, 2.75) is 31.3 Å². The smallest absolute Gasteiger partial charge is 0.379 e. The Kier molecular flexibility index (Phi) is 4.64. The molecule has 0 aromatic carbocycles. The van der Waals surface area contributed by atoms with E-state index in [-0.39, 0.29) is 6.54 Å². The molecule has 0 saturated carbocycles. The summed E-state index contributed by atoms with van der Waals surface area (Å²) in [5.74, 6) is 0. The van der Waals surface area contributed by atoms with E-state index in [1.54, 1.807) is 0 Å². The summed E-state index contributed by atoms with van der Waals surface area (Å²) >= 11 is 0. The van der Waals surface area contributed by atoms with Crippen molar-refractivity contribution in [2.75, 3.05) is 20.1 Å². The van der Waals surface area contributed by atoms with E-state index in [0.29, 0.717) is 0 Å². The lowest BCUT2D eigenvalue weighted by atomic mass is 9.98. The Hall–Kier alpha value is -0.500. The number of alkyl halides is 6. The summed E-state index contributed by atoms with van der Waals surface area (Å²) in [6, 6.07) is 0. The average molecular weight is 253 g/mol. The standard InChI is InChI=1S/C8H13F6NO/c1-3-15(2)5-6(16,8(12,13)14)4-7(9,10)11/h16H,3-5H2,1-2H3. The van der Waals surface area contributed by atoms with E-state index in [2.05, 4.69) is 0 Å². The number of rotatable bonds is 4. The number of halogens is 6. The molecule has 0 saturated heterocycles. The lowest BCUT2D eigenvalue weighted by Gasteiger charge is -2.34. The Morgan fingerprint density at radius 1 is 1.06 bits per heavy atom. The lowest BCUT2D eigenvalue weighted by Crippen LogP contribution is -2.55. The molecule has 8 heteroatoms. The van der Waals surface area contributed by atoms with Gasteiger partial charge in [-0.25, -0.2) is 0 Å². The molecular weight excluding hydrogens is 240 g/mol. The van der Waals surface area contributed by atoms with Crippen molar-refractivity contribution in [3.63, 3.8) is 0 Å². The Morgan fingerprint density at radius 3 is 1.75 bits per heavy atom. The maximum absolute atomic E-state index is 12.4. The van der Waals surface area contributed by atoms with Gasteiger partial charge in [0.25, 0.3) is 0 Å². The van der Waals surface area contributed by atoms with Crippen molar-refractivity contribution in [2.24, 2.45) is 0 Å². The van der Waals surface area contributed by atoms with Crippen molar-refractivity contribution in [3.8, 4) is 0 Å². The van der Waals surface area contributed by atoms with Crippen LogP contribution in [0.2, 0.25) is 0 Å². The van der Waals surface area contributed by atoms with Gasteiger partial charge in [-0.15, -0.1) is 0 Å². The van der Waals surface area contributed by atoms with Gasteiger partial charge in [-0.3, -0.25) is 0 Å². The molecule has 0 amide bonds. The fourth-order valence-corrected chi connectivity index (χ4v) is 1.14. The summed E-state index contributed by atoms with van der Waals surface area (Å²) in [6.07, 6.45) is -12.7. The highest BCUT2D eigenvalue weighted by Crippen LogP contribution is 2.39. The van der Waals surface area contributed by atoms with Crippen molar-refractivity contribution in [1.29, 1.82) is 0 Å². The van der Waals surface area contributed by atoms with Gasteiger partial charge in [0.2, 0.25) is 0 Å². The molecule has 1 atom stereocenters. The Bertz CT molecular complexity index is 226. The van der Waals surface area contributed by atoms with Crippen LogP contribution in [0.5, 0.6) is 0 Å². The minimum Gasteiger partial charge on any atom is -0.379 e. The van der Waals surface area contributed by atoms with Crippen LogP contribution < -0.4 is 0 Å². The van der Waals surface area contributed by atoms with Crippen molar-refractivity contribution in [3.05, 3.63) is 0 Å². The summed E-state index contributed by atoms with van der Waals surface area (Å²) < 4.78 is 72.9. The largest absolute Gasteiger partial charge is 0.418 e. The van der Waals surface area contributed by atoms with Crippen LogP contribution in [0.1, 0.15) is 13.3 Å². The van der Waals surface area contributed by atoms with Crippen LogP contribution in [0.25, 0.3) is 0 Å². The van der Waals surface area contributed by atoms with Gasteiger partial charge in [-0.05, 0) is 13.6 Å². The van der Waals surface area contributed by atoms with Gasteiger partial charge in [-0.1, -0.05) is 6.92 Å². The van der Waals surface area contributed by atoms with Crippen LogP contribution in [0.4, 0.5) is 26.3 Å². The van der Waals surface area contributed by atoms with E-state index in [1.807, 2.05) is 0 Å². The molecule has 0 heterocycles. The van der Waals surface area contributed by atoms with Crippen LogP contribution in [0.15, 0.2) is 0 Å². The van der Waals surface area contributed by atoms with Gasteiger partial charge in [0.1, 0.15) is 0 Å². The Labute approximate surface area is 88.8 Å². The summed E-state index contributed by atoms with van der Waals surface area (Å²) in [7, 11) is 1.20. The average Bonchev–Trinajstić information content (AvgIpc) is 1.98. The van der Waals surface area contributed by atoms with Gasteiger partial charge in [0.15, 0.2) is 5.60 Å². The summed E-state index contributed by atoms with van der Waals surface area (Å²) in [4.78, 5) is 0.971. The second-order valence-electron chi connectivity index (χ2n) is 3.65. The maximum Gasteiger partial charge on any atom is 0.418 e. The van der Waals surface area contributed by atoms with E-state index in [9.17, 15) is 26.3 Å². The zero-order valence-corrected chi connectivity index (χ0v) is 8.78. The third kappa shape index (κ3) is 4.56. The van der Waals surface area contributed by atoms with Crippen molar-refractivity contribution < 1.29 is 31.4 Å². The number of hydrogen-bond acceptors (Lipinski definition) is 2. The number of hydrogen-bond donors (Lipinski definition) is 1. The second kappa shape index (κ2) is 4.79. The fourth-order valence-electron chi connectivity index (χ4n) is 1.14. The van der Waals surface area contributed by atoms with Crippen LogP contribution >= 0.6 is 0 Å². The second-order valence-corrected chi connectivity index (χ2v) is 3.65. The number of nitrogens with zero attached hydrogens (tertiary/aromatic N) is 1. The van der Waals surface area contributed by atoms with E-state index in [4.69, 9.17) is 5.11 Å². The van der Waals surface area contributed by atoms with Crippen LogP contribution in [0, 0.1) is 0 Å². The van der Waals surface area contributed by atoms with Gasteiger partial charge in [-0.2, -0.15) is 26.3 Å². The van der Waals surface area contributed by atoms with E-state index in [0.717, 1.165) is 4.90 Å². The fraction of sp³-hybridized carbons (Fsp3) is 1.00. The van der Waals surface area contributed by atoms with Gasteiger partial charge in [0.05, 0.1) is 6.42 Å². The molecule has 16 heavy (non-hydrogen) atoms. The maximum atomic E-state index is 12.4. The first-order chi connectivity index (χ1) is 6.91. The highest BCUT2D eigenvalue weighted by Gasteiger charge is 2.58. The summed E-state index contributed by atoms with van der Waals surface area (Å²) in [5, 5.41) is 9.10. The molecule has 0 fully saturated rings. The Morgan fingerprint density at radius 2 is 1.50 bits per heavy atom. The third-order valence-corrected chi connectivity index (χ3v) is 2.09. The molecule has 1 N–H and O–H groups in total. The van der Waals surface area contributed by atoms with Gasteiger partial charge < -0.3 is 10.0 Å². The molecule has 0 aromatic rings. The molecule has 0 radical (unpaired) electrons. The molecule has 0 bridgehead atoms. The topological polar surface area (TPSA) is 23.5 Å². The van der Waals surface area contributed by atoms with Gasteiger partial charge in [0, 0.05) is 6.54 Å². The predicted molar refractivity (Wildman–Crippen MR) is 44.8 cm³/mol. The monoisotopic (exact) mass is 253 g/mol. The molecule has 0 aliphatic carbocycles. The highest BCUT2D eigenvalue weighted by molar-refractivity contribution is 4.91. The van der Waals surface area contributed by atoms with Crippen LogP contribution in [-0.2, 0) is 0 Å². The SMILES string of the molecule is CCN(C)CC(O)(CC(F)(F)F)C(F)(F)F. The minimum atomic E-state index is -5.31. The molecule has 1 unspecified atom stereocenters. The molecule has 0 aliphatic heterocycles. The van der Waals surface area contributed by atoms with Crippen molar-refractivity contribution >= 4 is 0 Å². The third-order valence-electron chi connectivity index (χ3n) is 2.09.